The lowest BCUT2D eigenvalue weighted by Gasteiger charge is -2.19. The third-order valence-electron chi connectivity index (χ3n) is 10.4. The molecule has 232 valence electrons. The van der Waals surface area contributed by atoms with Crippen molar-refractivity contribution in [1.29, 1.82) is 0 Å². The van der Waals surface area contributed by atoms with Gasteiger partial charge in [-0.3, -0.25) is 0 Å². The number of hydrogen-bond donors (Lipinski definition) is 0. The van der Waals surface area contributed by atoms with Gasteiger partial charge in [0.15, 0.2) is 0 Å². The van der Waals surface area contributed by atoms with E-state index in [1.807, 2.05) is 0 Å². The smallest absolute Gasteiger partial charge is 0.00262 e. The van der Waals surface area contributed by atoms with Crippen molar-refractivity contribution >= 4 is 53.9 Å². The molecule has 10 aromatic carbocycles. The number of benzene rings is 10. The molecule has 0 amide bonds. The monoisotopic (exact) mass is 632 g/mol. The lowest BCUT2D eigenvalue weighted by Crippen LogP contribution is -1.92. The van der Waals surface area contributed by atoms with Gasteiger partial charge in [0, 0.05) is 0 Å². The molecule has 0 saturated carbocycles. The number of hydrogen-bond acceptors (Lipinski definition) is 0. The lowest BCUT2D eigenvalue weighted by atomic mass is 9.84. The van der Waals surface area contributed by atoms with Crippen LogP contribution < -0.4 is 0 Å². The van der Waals surface area contributed by atoms with Crippen molar-refractivity contribution in [3.8, 4) is 44.5 Å². The van der Waals surface area contributed by atoms with E-state index in [1.165, 1.54) is 98.4 Å². The van der Waals surface area contributed by atoms with Crippen molar-refractivity contribution in [2.75, 3.05) is 0 Å². The average molecular weight is 633 g/mol. The molecular weight excluding hydrogens is 601 g/mol. The molecule has 10 rings (SSSR count). The maximum absolute atomic E-state index is 2.39. The predicted molar refractivity (Wildman–Crippen MR) is 216 cm³/mol. The van der Waals surface area contributed by atoms with Gasteiger partial charge in [-0.2, -0.15) is 0 Å². The summed E-state index contributed by atoms with van der Waals surface area (Å²) < 4.78 is 0. The SMILES string of the molecule is c1cc(-c2cccc3ccccc23)cc(-c2c3ccccc3c(-c3cccc(-c4cc5ccccc5c5ccccc45)c3)c3ccccc23)c1. The minimum atomic E-state index is 1.23. The normalized spacial score (nSPS) is 11.6. The van der Waals surface area contributed by atoms with Crippen molar-refractivity contribution in [3.63, 3.8) is 0 Å². The van der Waals surface area contributed by atoms with E-state index in [9.17, 15) is 0 Å². The van der Waals surface area contributed by atoms with Gasteiger partial charge in [-0.25, -0.2) is 0 Å². The Kier molecular flexibility index (Phi) is 6.60. The maximum atomic E-state index is 2.39. The lowest BCUT2D eigenvalue weighted by molar-refractivity contribution is 1.62. The molecule has 0 atom stereocenters. The summed E-state index contributed by atoms with van der Waals surface area (Å²) in [7, 11) is 0. The van der Waals surface area contributed by atoms with Crippen LogP contribution in [0, 0.1) is 0 Å². The van der Waals surface area contributed by atoms with Crippen LogP contribution in [0.25, 0.3) is 98.4 Å². The van der Waals surface area contributed by atoms with Gasteiger partial charge >= 0.3 is 0 Å². The van der Waals surface area contributed by atoms with Gasteiger partial charge in [-0.15, -0.1) is 0 Å². The summed E-state index contributed by atoms with van der Waals surface area (Å²) in [6.07, 6.45) is 0. The molecular formula is C50H32. The first-order chi connectivity index (χ1) is 24.8. The van der Waals surface area contributed by atoms with Gasteiger partial charge in [-0.05, 0) is 117 Å². The van der Waals surface area contributed by atoms with E-state index in [2.05, 4.69) is 194 Å². The number of fused-ring (bicyclic) bond motifs is 6. The Balaban J connectivity index is 1.20. The van der Waals surface area contributed by atoms with E-state index >= 15 is 0 Å². The summed E-state index contributed by atoms with van der Waals surface area (Å²) in [6, 6.07) is 71.3. The Labute approximate surface area is 291 Å². The molecule has 50 heavy (non-hydrogen) atoms. The largest absolute Gasteiger partial charge is 0.0616 e. The predicted octanol–water partition coefficient (Wildman–Crippen LogP) is 14.1. The molecule has 0 heteroatoms. The summed E-state index contributed by atoms with van der Waals surface area (Å²) in [5, 5.41) is 12.7. The summed E-state index contributed by atoms with van der Waals surface area (Å²) >= 11 is 0. The summed E-state index contributed by atoms with van der Waals surface area (Å²) in [4.78, 5) is 0. The molecule has 0 unspecified atom stereocenters. The van der Waals surface area contributed by atoms with Gasteiger partial charge in [0.2, 0.25) is 0 Å². The number of rotatable bonds is 4. The molecule has 0 nitrogen and oxygen atoms in total. The highest BCUT2D eigenvalue weighted by molar-refractivity contribution is 6.22. The maximum Gasteiger partial charge on any atom is -0.00262 e. The Hall–Kier alpha value is -6.50. The second kappa shape index (κ2) is 11.6. The van der Waals surface area contributed by atoms with Crippen LogP contribution in [0.2, 0.25) is 0 Å². The summed E-state index contributed by atoms with van der Waals surface area (Å²) in [6.45, 7) is 0. The van der Waals surface area contributed by atoms with Crippen LogP contribution in [-0.4, -0.2) is 0 Å². The zero-order valence-corrected chi connectivity index (χ0v) is 27.5. The molecule has 0 aliphatic heterocycles. The molecule has 0 heterocycles. The Bertz CT molecular complexity index is 2860. The first kappa shape index (κ1) is 28.5. The third kappa shape index (κ3) is 4.54. The van der Waals surface area contributed by atoms with E-state index in [4.69, 9.17) is 0 Å². The molecule has 0 fully saturated rings. The molecule has 0 radical (unpaired) electrons. The highest BCUT2D eigenvalue weighted by Gasteiger charge is 2.18. The van der Waals surface area contributed by atoms with Crippen molar-refractivity contribution < 1.29 is 0 Å². The fourth-order valence-corrected chi connectivity index (χ4v) is 8.21. The average Bonchev–Trinajstić information content (AvgIpc) is 3.19. The van der Waals surface area contributed by atoms with Crippen LogP contribution in [0.5, 0.6) is 0 Å². The van der Waals surface area contributed by atoms with Gasteiger partial charge in [-0.1, -0.05) is 176 Å². The first-order valence-corrected chi connectivity index (χ1v) is 17.4. The van der Waals surface area contributed by atoms with Crippen molar-refractivity contribution in [2.24, 2.45) is 0 Å². The van der Waals surface area contributed by atoms with Crippen molar-refractivity contribution in [3.05, 3.63) is 194 Å². The topological polar surface area (TPSA) is 0 Å². The third-order valence-corrected chi connectivity index (χ3v) is 10.4. The van der Waals surface area contributed by atoms with Crippen LogP contribution >= 0.6 is 0 Å². The Morgan fingerprint density at radius 3 is 1.20 bits per heavy atom. The highest BCUT2D eigenvalue weighted by atomic mass is 14.2. The highest BCUT2D eigenvalue weighted by Crippen LogP contribution is 2.45. The first-order valence-electron chi connectivity index (χ1n) is 17.4. The van der Waals surface area contributed by atoms with E-state index in [1.54, 1.807) is 0 Å². The van der Waals surface area contributed by atoms with E-state index in [0.717, 1.165) is 0 Å². The van der Waals surface area contributed by atoms with Gasteiger partial charge in [0.05, 0.1) is 0 Å². The minimum Gasteiger partial charge on any atom is -0.0616 e. The van der Waals surface area contributed by atoms with Crippen molar-refractivity contribution in [1.82, 2.24) is 0 Å². The standard InChI is InChI=1S/C50H32/c1-3-21-39-33(14-1)16-13-29-40(39)34-17-11-19-37(30-34)49-44-25-7-9-27-46(44)50(47-28-10-8-26-45(47)49)38-20-12-18-35(31-38)48-32-36-15-2-4-22-41(36)42-23-5-6-24-43(42)48/h1-32H. The van der Waals surface area contributed by atoms with Gasteiger partial charge in [0.25, 0.3) is 0 Å². The quantitative estimate of drug-likeness (QED) is 0.134. The van der Waals surface area contributed by atoms with Gasteiger partial charge in [0.1, 0.15) is 0 Å². The molecule has 0 aliphatic carbocycles. The molecule has 0 spiro atoms. The Morgan fingerprint density at radius 1 is 0.200 bits per heavy atom. The molecule has 0 aliphatic rings. The fourth-order valence-electron chi connectivity index (χ4n) is 8.21. The van der Waals surface area contributed by atoms with Crippen molar-refractivity contribution in [2.45, 2.75) is 0 Å². The molecule has 0 saturated heterocycles. The zero-order valence-electron chi connectivity index (χ0n) is 27.5. The van der Waals surface area contributed by atoms with Crippen LogP contribution in [0.4, 0.5) is 0 Å². The van der Waals surface area contributed by atoms with Gasteiger partial charge < -0.3 is 0 Å². The summed E-state index contributed by atoms with van der Waals surface area (Å²) in [5.41, 5.74) is 9.98. The molecule has 0 N–H and O–H groups in total. The second-order valence-corrected chi connectivity index (χ2v) is 13.2. The fraction of sp³-hybridized carbons (Fsp3) is 0. The molecule has 10 aromatic rings. The molecule has 0 bridgehead atoms. The van der Waals surface area contributed by atoms with Crippen LogP contribution in [-0.2, 0) is 0 Å². The van der Waals surface area contributed by atoms with Crippen LogP contribution in [0.15, 0.2) is 194 Å². The Morgan fingerprint density at radius 2 is 0.600 bits per heavy atom. The van der Waals surface area contributed by atoms with E-state index in [0.29, 0.717) is 0 Å². The second-order valence-electron chi connectivity index (χ2n) is 13.2. The molecule has 0 aromatic heterocycles. The minimum absolute atomic E-state index is 1.23. The summed E-state index contributed by atoms with van der Waals surface area (Å²) in [5.74, 6) is 0. The van der Waals surface area contributed by atoms with Crippen LogP contribution in [0.3, 0.4) is 0 Å². The van der Waals surface area contributed by atoms with E-state index < -0.39 is 0 Å². The van der Waals surface area contributed by atoms with Crippen LogP contribution in [0.1, 0.15) is 0 Å². The van der Waals surface area contributed by atoms with E-state index in [-0.39, 0.29) is 0 Å². The zero-order chi connectivity index (χ0) is 33.0.